The van der Waals surface area contributed by atoms with E-state index in [1.807, 2.05) is 0 Å². The second kappa shape index (κ2) is 5.56. The highest BCUT2D eigenvalue weighted by atomic mass is 16.5. The van der Waals surface area contributed by atoms with E-state index < -0.39 is 24.0 Å². The van der Waals surface area contributed by atoms with E-state index in [0.29, 0.717) is 0 Å². The van der Waals surface area contributed by atoms with Crippen LogP contribution in [-0.4, -0.2) is 54.7 Å². The normalized spacial score (nSPS) is 14.6. The van der Waals surface area contributed by atoms with Crippen molar-refractivity contribution in [1.82, 2.24) is 4.90 Å². The zero-order valence-corrected chi connectivity index (χ0v) is 8.56. The van der Waals surface area contributed by atoms with Crippen LogP contribution in [-0.2, 0) is 14.3 Å². The number of methoxy groups -OCH3 is 1. The molecule has 3 N–H and O–H groups in total. The Hall–Kier alpha value is -1.14. The van der Waals surface area contributed by atoms with Gasteiger partial charge in [0.05, 0.1) is 0 Å². The highest BCUT2D eigenvalue weighted by molar-refractivity contribution is 5.86. The second-order valence-electron chi connectivity index (χ2n) is 2.92. The van der Waals surface area contributed by atoms with Crippen LogP contribution in [0.15, 0.2) is 0 Å². The molecule has 0 aliphatic heterocycles. The maximum absolute atomic E-state index is 11.5. The van der Waals surface area contributed by atoms with Crippen LogP contribution in [0.25, 0.3) is 0 Å². The monoisotopic (exact) mass is 204 g/mol. The molecule has 2 unspecified atom stereocenters. The molecule has 0 aliphatic rings. The number of nitrogens with two attached hydrogens (primary N) is 1. The summed E-state index contributed by atoms with van der Waals surface area (Å²) in [6.07, 6.45) is -0.776. The van der Waals surface area contributed by atoms with E-state index in [4.69, 9.17) is 15.6 Å². The molecule has 14 heavy (non-hydrogen) atoms. The molecule has 2 atom stereocenters. The third kappa shape index (κ3) is 2.97. The van der Waals surface area contributed by atoms with E-state index in [9.17, 15) is 9.59 Å². The highest BCUT2D eigenvalue weighted by Gasteiger charge is 2.27. The number of carbonyl (C=O) groups is 2. The van der Waals surface area contributed by atoms with Crippen molar-refractivity contribution in [1.29, 1.82) is 0 Å². The molecule has 0 aromatic rings. The average Bonchev–Trinajstić information content (AvgIpc) is 2.17. The van der Waals surface area contributed by atoms with Crippen molar-refractivity contribution in [3.8, 4) is 0 Å². The third-order valence-electron chi connectivity index (χ3n) is 2.06. The summed E-state index contributed by atoms with van der Waals surface area (Å²) in [6.45, 7) is 1.45. The first-order chi connectivity index (χ1) is 6.45. The summed E-state index contributed by atoms with van der Waals surface area (Å²) in [6, 6.07) is -0.883. The number of carboxylic acid groups (broad SMARTS) is 1. The summed E-state index contributed by atoms with van der Waals surface area (Å²) in [5.74, 6) is -1.49. The van der Waals surface area contributed by atoms with Crippen molar-refractivity contribution in [3.05, 3.63) is 0 Å². The first-order valence-corrected chi connectivity index (χ1v) is 4.18. The van der Waals surface area contributed by atoms with Gasteiger partial charge in [-0.25, -0.2) is 4.79 Å². The molecule has 0 spiro atoms. The summed E-state index contributed by atoms with van der Waals surface area (Å²) < 4.78 is 4.80. The maximum Gasteiger partial charge on any atom is 0.326 e. The topological polar surface area (TPSA) is 92.9 Å². The van der Waals surface area contributed by atoms with Crippen LogP contribution in [0.4, 0.5) is 0 Å². The van der Waals surface area contributed by atoms with Gasteiger partial charge < -0.3 is 20.5 Å². The summed E-state index contributed by atoms with van der Waals surface area (Å²) in [7, 11) is 2.76. The lowest BCUT2D eigenvalue weighted by atomic mass is 10.2. The molecule has 0 aromatic heterocycles. The third-order valence-corrected chi connectivity index (χ3v) is 2.06. The fourth-order valence-corrected chi connectivity index (χ4v) is 0.882. The van der Waals surface area contributed by atoms with Crippen LogP contribution < -0.4 is 5.73 Å². The number of nitrogens with zero attached hydrogens (tertiary/aromatic N) is 1. The molecular formula is C8H16N2O4. The Morgan fingerprint density at radius 2 is 2.07 bits per heavy atom. The molecule has 0 aliphatic carbocycles. The molecule has 6 nitrogen and oxygen atoms in total. The predicted molar refractivity (Wildman–Crippen MR) is 49.7 cm³/mol. The van der Waals surface area contributed by atoms with Gasteiger partial charge in [-0.15, -0.1) is 0 Å². The molecule has 0 aromatic carbocycles. The van der Waals surface area contributed by atoms with E-state index >= 15 is 0 Å². The Morgan fingerprint density at radius 3 is 2.36 bits per heavy atom. The largest absolute Gasteiger partial charge is 0.480 e. The quantitative estimate of drug-likeness (QED) is 0.592. The van der Waals surface area contributed by atoms with Crippen LogP contribution in [0, 0.1) is 0 Å². The molecule has 0 heterocycles. The lowest BCUT2D eigenvalue weighted by molar-refractivity contribution is -0.152. The number of hydrogen-bond donors (Lipinski definition) is 2. The average molecular weight is 204 g/mol. The van der Waals surface area contributed by atoms with Gasteiger partial charge in [-0.1, -0.05) is 0 Å². The van der Waals surface area contributed by atoms with Crippen LogP contribution in [0.1, 0.15) is 6.92 Å². The summed E-state index contributed by atoms with van der Waals surface area (Å²) >= 11 is 0. The molecule has 6 heteroatoms. The minimum Gasteiger partial charge on any atom is -0.480 e. The Morgan fingerprint density at radius 1 is 1.57 bits per heavy atom. The standard InChI is InChI=1S/C8H16N2O4/c1-5(8(12)13)10(2)7(11)6(4-9)14-3/h5-6H,4,9H2,1-3H3,(H,12,13). The Balaban J connectivity index is 4.44. The smallest absolute Gasteiger partial charge is 0.326 e. The number of carboxylic acids is 1. The second-order valence-corrected chi connectivity index (χ2v) is 2.92. The van der Waals surface area contributed by atoms with Gasteiger partial charge in [0.25, 0.3) is 5.91 Å². The molecule has 0 radical (unpaired) electrons. The molecule has 0 fully saturated rings. The summed E-state index contributed by atoms with van der Waals surface area (Å²) in [4.78, 5) is 23.2. The molecule has 82 valence electrons. The zero-order chi connectivity index (χ0) is 11.3. The number of likely N-dealkylation sites (N-methyl/N-ethyl adjacent to an activating group) is 1. The minimum absolute atomic E-state index is 0.0337. The zero-order valence-electron chi connectivity index (χ0n) is 8.56. The first-order valence-electron chi connectivity index (χ1n) is 4.18. The number of aliphatic carboxylic acids is 1. The number of hydrogen-bond acceptors (Lipinski definition) is 4. The molecule has 0 bridgehead atoms. The van der Waals surface area contributed by atoms with Gasteiger partial charge in [-0.2, -0.15) is 0 Å². The molecule has 1 amide bonds. The number of ether oxygens (including phenoxy) is 1. The van der Waals surface area contributed by atoms with Crippen molar-refractivity contribution in [2.45, 2.75) is 19.1 Å². The molecule has 0 saturated heterocycles. The number of rotatable bonds is 5. The van der Waals surface area contributed by atoms with Crippen molar-refractivity contribution in [2.24, 2.45) is 5.73 Å². The fourth-order valence-electron chi connectivity index (χ4n) is 0.882. The Labute approximate surface area is 82.6 Å². The van der Waals surface area contributed by atoms with E-state index in [0.717, 1.165) is 4.90 Å². The van der Waals surface area contributed by atoms with Crippen molar-refractivity contribution >= 4 is 11.9 Å². The van der Waals surface area contributed by atoms with E-state index in [-0.39, 0.29) is 6.54 Å². The molecule has 0 rings (SSSR count). The highest BCUT2D eigenvalue weighted by Crippen LogP contribution is 2.01. The fraction of sp³-hybridized carbons (Fsp3) is 0.750. The van der Waals surface area contributed by atoms with E-state index in [1.54, 1.807) is 0 Å². The van der Waals surface area contributed by atoms with Gasteiger partial charge in [0.2, 0.25) is 0 Å². The maximum atomic E-state index is 11.5. The van der Waals surface area contributed by atoms with Gasteiger partial charge in [0, 0.05) is 20.7 Å². The first kappa shape index (κ1) is 12.9. The van der Waals surface area contributed by atoms with Gasteiger partial charge >= 0.3 is 5.97 Å². The Kier molecular flexibility index (Phi) is 5.11. The molecular weight excluding hydrogens is 188 g/mol. The number of carbonyl (C=O) groups excluding carboxylic acids is 1. The SMILES string of the molecule is COC(CN)C(=O)N(C)C(C)C(=O)O. The summed E-state index contributed by atoms with van der Waals surface area (Å²) in [5.41, 5.74) is 5.28. The van der Waals surface area contributed by atoms with Crippen LogP contribution in [0.5, 0.6) is 0 Å². The van der Waals surface area contributed by atoms with Gasteiger partial charge in [0.15, 0.2) is 0 Å². The van der Waals surface area contributed by atoms with E-state index in [1.165, 1.54) is 21.1 Å². The van der Waals surface area contributed by atoms with Crippen LogP contribution >= 0.6 is 0 Å². The minimum atomic E-state index is -1.06. The molecule has 0 saturated carbocycles. The Bertz CT molecular complexity index is 215. The van der Waals surface area contributed by atoms with Crippen molar-refractivity contribution < 1.29 is 19.4 Å². The van der Waals surface area contributed by atoms with Gasteiger partial charge in [-0.3, -0.25) is 4.79 Å². The van der Waals surface area contributed by atoms with Crippen LogP contribution in [0.2, 0.25) is 0 Å². The lowest BCUT2D eigenvalue weighted by Crippen LogP contribution is -2.48. The van der Waals surface area contributed by atoms with E-state index in [2.05, 4.69) is 0 Å². The van der Waals surface area contributed by atoms with Gasteiger partial charge in [0.1, 0.15) is 12.1 Å². The van der Waals surface area contributed by atoms with Gasteiger partial charge in [-0.05, 0) is 6.92 Å². The number of amides is 1. The lowest BCUT2D eigenvalue weighted by Gasteiger charge is -2.25. The summed E-state index contributed by atoms with van der Waals surface area (Å²) in [5, 5.41) is 8.66. The van der Waals surface area contributed by atoms with Crippen molar-refractivity contribution in [2.75, 3.05) is 20.7 Å². The van der Waals surface area contributed by atoms with Crippen LogP contribution in [0.3, 0.4) is 0 Å². The van der Waals surface area contributed by atoms with Crippen molar-refractivity contribution in [3.63, 3.8) is 0 Å². The predicted octanol–water partition coefficient (Wildman–Crippen LogP) is -1.11.